The van der Waals surface area contributed by atoms with Crippen molar-refractivity contribution in [2.24, 2.45) is 7.05 Å². The van der Waals surface area contributed by atoms with Crippen molar-refractivity contribution in [1.29, 1.82) is 0 Å². The Morgan fingerprint density at radius 3 is 2.86 bits per heavy atom. The van der Waals surface area contributed by atoms with Crippen molar-refractivity contribution in [3.8, 4) is 5.88 Å². The SMILES string of the molecule is Cn1nc2c(c1C(F)(F)F)NCCO2. The number of aromatic nitrogens is 2. The Hall–Kier alpha value is -1.40. The quantitative estimate of drug-likeness (QED) is 0.695. The fourth-order valence-electron chi connectivity index (χ4n) is 1.41. The van der Waals surface area contributed by atoms with Gasteiger partial charge < -0.3 is 10.1 Å². The van der Waals surface area contributed by atoms with Gasteiger partial charge in [0.05, 0.1) is 0 Å². The third-order valence-electron chi connectivity index (χ3n) is 1.93. The van der Waals surface area contributed by atoms with Gasteiger partial charge in [-0.3, -0.25) is 4.68 Å². The monoisotopic (exact) mass is 207 g/mol. The van der Waals surface area contributed by atoms with Crippen LogP contribution in [0.2, 0.25) is 0 Å². The van der Waals surface area contributed by atoms with Gasteiger partial charge in [-0.2, -0.15) is 13.2 Å². The number of hydrogen-bond acceptors (Lipinski definition) is 3. The van der Waals surface area contributed by atoms with Crippen molar-refractivity contribution < 1.29 is 17.9 Å². The van der Waals surface area contributed by atoms with Crippen LogP contribution in [-0.4, -0.2) is 22.9 Å². The lowest BCUT2D eigenvalue weighted by Gasteiger charge is -2.15. The van der Waals surface area contributed by atoms with Gasteiger partial charge in [0, 0.05) is 13.6 Å². The fraction of sp³-hybridized carbons (Fsp3) is 0.571. The zero-order chi connectivity index (χ0) is 10.3. The second-order valence-electron chi connectivity index (χ2n) is 2.93. The highest BCUT2D eigenvalue weighted by Gasteiger charge is 2.40. The number of fused-ring (bicyclic) bond motifs is 1. The first kappa shape index (κ1) is 9.17. The van der Waals surface area contributed by atoms with Gasteiger partial charge in [0.25, 0.3) is 5.88 Å². The Labute approximate surface area is 77.7 Å². The van der Waals surface area contributed by atoms with Crippen molar-refractivity contribution in [2.75, 3.05) is 18.5 Å². The molecule has 1 aromatic heterocycles. The summed E-state index contributed by atoms with van der Waals surface area (Å²) in [6.07, 6.45) is -4.41. The van der Waals surface area contributed by atoms with Crippen LogP contribution >= 0.6 is 0 Å². The minimum absolute atomic E-state index is 0.0195. The maximum Gasteiger partial charge on any atom is 0.435 e. The average Bonchev–Trinajstić information content (AvgIpc) is 2.38. The Bertz CT molecular complexity index is 358. The van der Waals surface area contributed by atoms with Crippen LogP contribution in [0.4, 0.5) is 18.9 Å². The Morgan fingerprint density at radius 1 is 1.50 bits per heavy atom. The second kappa shape index (κ2) is 2.79. The number of ether oxygens (including phenoxy) is 1. The molecule has 0 radical (unpaired) electrons. The Morgan fingerprint density at radius 2 is 2.21 bits per heavy atom. The molecular formula is C7H8F3N3O. The molecule has 4 nitrogen and oxygen atoms in total. The predicted octanol–water partition coefficient (Wildman–Crippen LogP) is 1.24. The van der Waals surface area contributed by atoms with Crippen LogP contribution in [0.1, 0.15) is 5.69 Å². The van der Waals surface area contributed by atoms with Crippen LogP contribution in [0.5, 0.6) is 5.88 Å². The normalized spacial score (nSPS) is 15.7. The summed E-state index contributed by atoms with van der Waals surface area (Å²) in [5.74, 6) is 0.0195. The number of hydrogen-bond donors (Lipinski definition) is 1. The van der Waals surface area contributed by atoms with E-state index < -0.39 is 11.9 Å². The highest BCUT2D eigenvalue weighted by molar-refractivity contribution is 5.59. The summed E-state index contributed by atoms with van der Waals surface area (Å²) >= 11 is 0. The van der Waals surface area contributed by atoms with Gasteiger partial charge in [0.2, 0.25) is 0 Å². The maximum absolute atomic E-state index is 12.5. The van der Waals surface area contributed by atoms with E-state index in [1.807, 2.05) is 0 Å². The third-order valence-corrected chi connectivity index (χ3v) is 1.93. The number of rotatable bonds is 0. The van der Waals surface area contributed by atoms with Gasteiger partial charge in [0.15, 0.2) is 5.69 Å². The van der Waals surface area contributed by atoms with E-state index >= 15 is 0 Å². The first-order valence-corrected chi connectivity index (χ1v) is 4.01. The topological polar surface area (TPSA) is 39.1 Å². The molecule has 0 saturated carbocycles. The van der Waals surface area contributed by atoms with Crippen molar-refractivity contribution in [1.82, 2.24) is 9.78 Å². The summed E-state index contributed by atoms with van der Waals surface area (Å²) in [5.41, 5.74) is -0.863. The molecule has 0 amide bonds. The van der Waals surface area contributed by atoms with E-state index in [9.17, 15) is 13.2 Å². The maximum atomic E-state index is 12.5. The molecule has 0 aliphatic carbocycles. The minimum Gasteiger partial charge on any atom is -0.473 e. The molecule has 2 heterocycles. The van der Waals surface area contributed by atoms with E-state index in [0.29, 0.717) is 13.2 Å². The molecule has 78 valence electrons. The van der Waals surface area contributed by atoms with Crippen molar-refractivity contribution in [2.45, 2.75) is 6.18 Å². The molecule has 1 N–H and O–H groups in total. The Kier molecular flexibility index (Phi) is 1.83. The highest BCUT2D eigenvalue weighted by atomic mass is 19.4. The molecule has 7 heteroatoms. The van der Waals surface area contributed by atoms with Crippen LogP contribution < -0.4 is 10.1 Å². The summed E-state index contributed by atoms with van der Waals surface area (Å²) in [7, 11) is 1.24. The molecule has 1 aliphatic rings. The molecule has 0 atom stereocenters. The lowest BCUT2D eigenvalue weighted by molar-refractivity contribution is -0.143. The molecule has 0 saturated heterocycles. The smallest absolute Gasteiger partial charge is 0.435 e. The highest BCUT2D eigenvalue weighted by Crippen LogP contribution is 2.40. The van der Waals surface area contributed by atoms with Gasteiger partial charge in [-0.1, -0.05) is 0 Å². The first-order valence-electron chi connectivity index (χ1n) is 4.01. The van der Waals surface area contributed by atoms with Crippen molar-refractivity contribution in [3.05, 3.63) is 5.69 Å². The summed E-state index contributed by atoms with van der Waals surface area (Å²) in [5, 5.41) is 6.26. The predicted molar refractivity (Wildman–Crippen MR) is 42.2 cm³/mol. The number of nitrogens with one attached hydrogen (secondary N) is 1. The van der Waals surface area contributed by atoms with Gasteiger partial charge >= 0.3 is 6.18 Å². The number of aryl methyl sites for hydroxylation is 1. The second-order valence-corrected chi connectivity index (χ2v) is 2.93. The van der Waals surface area contributed by atoms with E-state index in [0.717, 1.165) is 4.68 Å². The number of alkyl halides is 3. The van der Waals surface area contributed by atoms with Crippen LogP contribution in [0, 0.1) is 0 Å². The third kappa shape index (κ3) is 1.28. The molecular weight excluding hydrogens is 199 g/mol. The molecule has 1 aromatic rings. The fourth-order valence-corrected chi connectivity index (χ4v) is 1.41. The van der Waals surface area contributed by atoms with E-state index in [2.05, 4.69) is 10.4 Å². The standard InChI is InChI=1S/C7H8F3N3O/c1-13-5(7(8,9)10)4-6(12-13)14-3-2-11-4/h11H,2-3H2,1H3. The van der Waals surface area contributed by atoms with E-state index in [1.165, 1.54) is 7.05 Å². The molecule has 14 heavy (non-hydrogen) atoms. The van der Waals surface area contributed by atoms with E-state index in [1.54, 1.807) is 0 Å². The van der Waals surface area contributed by atoms with E-state index in [4.69, 9.17) is 4.74 Å². The molecule has 0 spiro atoms. The van der Waals surface area contributed by atoms with Gasteiger partial charge in [-0.05, 0) is 0 Å². The average molecular weight is 207 g/mol. The van der Waals surface area contributed by atoms with Gasteiger partial charge in [-0.15, -0.1) is 5.10 Å². The lowest BCUT2D eigenvalue weighted by atomic mass is 10.3. The summed E-state index contributed by atoms with van der Waals surface area (Å²) in [6.45, 7) is 0.698. The van der Waals surface area contributed by atoms with E-state index in [-0.39, 0.29) is 11.6 Å². The molecule has 1 aliphatic heterocycles. The zero-order valence-corrected chi connectivity index (χ0v) is 7.35. The first-order chi connectivity index (χ1) is 6.50. The summed E-state index contributed by atoms with van der Waals surface area (Å²) in [4.78, 5) is 0. The lowest BCUT2D eigenvalue weighted by Crippen LogP contribution is -2.20. The van der Waals surface area contributed by atoms with Crippen LogP contribution in [0.3, 0.4) is 0 Å². The number of nitrogens with zero attached hydrogens (tertiary/aromatic N) is 2. The van der Waals surface area contributed by atoms with Gasteiger partial charge in [-0.25, -0.2) is 0 Å². The van der Waals surface area contributed by atoms with Crippen LogP contribution in [0.15, 0.2) is 0 Å². The largest absolute Gasteiger partial charge is 0.473 e. The van der Waals surface area contributed by atoms with Crippen LogP contribution in [0.25, 0.3) is 0 Å². The molecule has 0 fully saturated rings. The Balaban J connectivity index is 2.53. The number of anilines is 1. The summed E-state index contributed by atoms with van der Waals surface area (Å²) < 4.78 is 43.3. The molecule has 0 unspecified atom stereocenters. The molecule has 2 rings (SSSR count). The van der Waals surface area contributed by atoms with Crippen molar-refractivity contribution in [3.63, 3.8) is 0 Å². The van der Waals surface area contributed by atoms with Gasteiger partial charge in [0.1, 0.15) is 12.3 Å². The molecule has 0 bridgehead atoms. The molecule has 0 aromatic carbocycles. The number of halogens is 3. The summed E-state index contributed by atoms with van der Waals surface area (Å²) in [6, 6.07) is 0. The zero-order valence-electron chi connectivity index (χ0n) is 7.35. The van der Waals surface area contributed by atoms with Crippen LogP contribution in [-0.2, 0) is 13.2 Å². The van der Waals surface area contributed by atoms with Crippen molar-refractivity contribution >= 4 is 5.69 Å². The minimum atomic E-state index is -4.41.